The second-order valence-corrected chi connectivity index (χ2v) is 12.3. The van der Waals surface area contributed by atoms with E-state index in [-0.39, 0.29) is 17.2 Å². The van der Waals surface area contributed by atoms with Crippen LogP contribution in [0.2, 0.25) is 0 Å². The average molecular weight is 516 g/mol. The summed E-state index contributed by atoms with van der Waals surface area (Å²) < 4.78 is 0. The second-order valence-electron chi connectivity index (χ2n) is 12.3. The maximum absolute atomic E-state index is 13.3. The molecule has 7 heteroatoms. The Kier molecular flexibility index (Phi) is 6.97. The largest absolute Gasteiger partial charge is 0.342 e. The van der Waals surface area contributed by atoms with Crippen LogP contribution in [0.5, 0.6) is 0 Å². The predicted molar refractivity (Wildman–Crippen MR) is 147 cm³/mol. The molecule has 4 heterocycles. The van der Waals surface area contributed by atoms with E-state index in [2.05, 4.69) is 50.1 Å². The lowest BCUT2D eigenvalue weighted by Crippen LogP contribution is -2.49. The van der Waals surface area contributed by atoms with E-state index in [9.17, 15) is 9.59 Å². The van der Waals surface area contributed by atoms with Gasteiger partial charge >= 0.3 is 0 Å². The number of hydrogen-bond donors (Lipinski definition) is 0. The number of likely N-dealkylation sites (tertiary alicyclic amines) is 3. The summed E-state index contributed by atoms with van der Waals surface area (Å²) in [6.45, 7) is 10.4. The summed E-state index contributed by atoms with van der Waals surface area (Å²) >= 11 is 0. The molecular formula is C31H41N5O2. The molecule has 0 spiro atoms. The maximum Gasteiger partial charge on any atom is 0.257 e. The molecule has 3 saturated heterocycles. The van der Waals surface area contributed by atoms with Crippen molar-refractivity contribution >= 4 is 11.8 Å². The van der Waals surface area contributed by atoms with Crippen molar-refractivity contribution in [3.05, 3.63) is 59.2 Å². The van der Waals surface area contributed by atoms with Crippen LogP contribution >= 0.6 is 0 Å². The third-order valence-electron chi connectivity index (χ3n) is 10.1. The zero-order valence-electron chi connectivity index (χ0n) is 22.9. The SMILES string of the molecule is Cc1ncnc(C)c1C(=O)N1CC2CN(CCC3(c4ccccc4)CCN(C(=O)C4CCC4)CC3)CC2C1. The van der Waals surface area contributed by atoms with Crippen molar-refractivity contribution in [1.29, 1.82) is 0 Å². The van der Waals surface area contributed by atoms with Gasteiger partial charge in [0.1, 0.15) is 6.33 Å². The highest BCUT2D eigenvalue weighted by molar-refractivity contribution is 5.96. The Morgan fingerprint density at radius 1 is 0.895 bits per heavy atom. The summed E-state index contributed by atoms with van der Waals surface area (Å²) in [5.41, 5.74) is 3.79. The van der Waals surface area contributed by atoms with Gasteiger partial charge in [0.25, 0.3) is 5.91 Å². The summed E-state index contributed by atoms with van der Waals surface area (Å²) in [4.78, 5) is 41.5. The van der Waals surface area contributed by atoms with Gasteiger partial charge < -0.3 is 14.7 Å². The third kappa shape index (κ3) is 4.74. The van der Waals surface area contributed by atoms with Crippen molar-refractivity contribution in [3.63, 3.8) is 0 Å². The average Bonchev–Trinajstić information content (AvgIpc) is 3.46. The molecule has 38 heavy (non-hydrogen) atoms. The molecule has 2 amide bonds. The molecule has 4 fully saturated rings. The number of piperidine rings is 1. The first-order valence-corrected chi connectivity index (χ1v) is 14.6. The lowest BCUT2D eigenvalue weighted by atomic mass is 9.70. The zero-order chi connectivity index (χ0) is 26.3. The quantitative estimate of drug-likeness (QED) is 0.585. The van der Waals surface area contributed by atoms with E-state index in [1.54, 1.807) is 0 Å². The molecule has 1 aromatic heterocycles. The van der Waals surface area contributed by atoms with Gasteiger partial charge in [0.05, 0.1) is 17.0 Å². The molecule has 202 valence electrons. The van der Waals surface area contributed by atoms with Crippen molar-refractivity contribution in [2.75, 3.05) is 45.8 Å². The molecule has 1 aliphatic carbocycles. The Bertz CT molecular complexity index is 1140. The van der Waals surface area contributed by atoms with Gasteiger partial charge in [-0.1, -0.05) is 36.8 Å². The van der Waals surface area contributed by atoms with Crippen molar-refractivity contribution in [1.82, 2.24) is 24.7 Å². The Morgan fingerprint density at radius 3 is 2.11 bits per heavy atom. The first-order valence-electron chi connectivity index (χ1n) is 14.6. The number of carbonyl (C=O) groups is 2. The molecule has 1 saturated carbocycles. The van der Waals surface area contributed by atoms with Crippen molar-refractivity contribution in [3.8, 4) is 0 Å². The predicted octanol–water partition coefficient (Wildman–Crippen LogP) is 3.85. The fourth-order valence-electron chi connectivity index (χ4n) is 7.41. The highest BCUT2D eigenvalue weighted by Crippen LogP contribution is 2.41. The number of carbonyl (C=O) groups excluding carboxylic acids is 2. The van der Waals surface area contributed by atoms with Crippen molar-refractivity contribution < 1.29 is 9.59 Å². The smallest absolute Gasteiger partial charge is 0.257 e. The van der Waals surface area contributed by atoms with Gasteiger partial charge in [-0.25, -0.2) is 9.97 Å². The summed E-state index contributed by atoms with van der Waals surface area (Å²) in [5, 5.41) is 0. The number of aryl methyl sites for hydroxylation is 2. The molecule has 2 unspecified atom stereocenters. The molecule has 1 aromatic carbocycles. The van der Waals surface area contributed by atoms with Crippen LogP contribution in [0, 0.1) is 31.6 Å². The first kappa shape index (κ1) is 25.5. The van der Waals surface area contributed by atoms with E-state index in [0.717, 1.165) is 89.3 Å². The van der Waals surface area contributed by atoms with Crippen LogP contribution < -0.4 is 0 Å². The molecule has 0 radical (unpaired) electrons. The number of benzene rings is 1. The Balaban J connectivity index is 1.07. The summed E-state index contributed by atoms with van der Waals surface area (Å²) in [6.07, 6.45) is 8.14. The third-order valence-corrected chi connectivity index (χ3v) is 10.1. The van der Waals surface area contributed by atoms with Gasteiger partial charge in [-0.15, -0.1) is 0 Å². The van der Waals surface area contributed by atoms with Crippen LogP contribution in [-0.2, 0) is 10.2 Å². The number of rotatable bonds is 6. The maximum atomic E-state index is 13.3. The minimum atomic E-state index is 0.0905. The Labute approximate surface area is 226 Å². The highest BCUT2D eigenvalue weighted by atomic mass is 16.2. The fraction of sp³-hybridized carbons (Fsp3) is 0.613. The fourth-order valence-corrected chi connectivity index (χ4v) is 7.41. The van der Waals surface area contributed by atoms with Crippen LogP contribution in [0.3, 0.4) is 0 Å². The minimum Gasteiger partial charge on any atom is -0.342 e. The number of nitrogens with zero attached hydrogens (tertiary/aromatic N) is 5. The summed E-state index contributed by atoms with van der Waals surface area (Å²) in [6, 6.07) is 11.0. The van der Waals surface area contributed by atoms with Gasteiger partial charge in [-0.05, 0) is 75.3 Å². The molecule has 2 atom stereocenters. The van der Waals surface area contributed by atoms with Crippen LogP contribution in [0.15, 0.2) is 36.7 Å². The van der Waals surface area contributed by atoms with E-state index in [1.807, 2.05) is 18.7 Å². The minimum absolute atomic E-state index is 0.0905. The highest BCUT2D eigenvalue weighted by Gasteiger charge is 2.44. The molecule has 7 nitrogen and oxygen atoms in total. The van der Waals surface area contributed by atoms with Crippen LogP contribution in [-0.4, -0.2) is 82.3 Å². The van der Waals surface area contributed by atoms with Gasteiger partial charge in [0.2, 0.25) is 5.91 Å². The monoisotopic (exact) mass is 515 g/mol. The van der Waals surface area contributed by atoms with Crippen molar-refractivity contribution in [2.24, 2.45) is 17.8 Å². The Hall–Kier alpha value is -2.80. The second kappa shape index (κ2) is 10.4. The molecule has 6 rings (SSSR count). The standard InChI is InChI=1S/C31H41N5O2/c1-22-28(23(2)33-21-32-22)30(38)36-19-25-17-34(18-26(25)20-36)14-11-31(27-9-4-3-5-10-27)12-15-35(16-13-31)29(37)24-7-6-8-24/h3-5,9-10,21,24-26H,6-8,11-20H2,1-2H3. The van der Waals surface area contributed by atoms with E-state index in [4.69, 9.17) is 0 Å². The summed E-state index contributed by atoms with van der Waals surface area (Å²) in [7, 11) is 0. The molecule has 0 N–H and O–H groups in total. The lowest BCUT2D eigenvalue weighted by molar-refractivity contribution is -0.139. The molecular weight excluding hydrogens is 474 g/mol. The topological polar surface area (TPSA) is 69.6 Å². The van der Waals surface area contributed by atoms with Crippen LogP contribution in [0.25, 0.3) is 0 Å². The van der Waals surface area contributed by atoms with E-state index in [1.165, 1.54) is 18.3 Å². The van der Waals surface area contributed by atoms with E-state index >= 15 is 0 Å². The Morgan fingerprint density at radius 2 is 1.53 bits per heavy atom. The first-order chi connectivity index (χ1) is 18.4. The number of fused-ring (bicyclic) bond motifs is 1. The number of hydrogen-bond acceptors (Lipinski definition) is 5. The van der Waals surface area contributed by atoms with Crippen LogP contribution in [0.1, 0.15) is 65.8 Å². The molecule has 2 aromatic rings. The van der Waals surface area contributed by atoms with E-state index in [0.29, 0.717) is 23.3 Å². The number of aromatic nitrogens is 2. The van der Waals surface area contributed by atoms with E-state index < -0.39 is 0 Å². The molecule has 0 bridgehead atoms. The van der Waals surface area contributed by atoms with Gasteiger partial charge in [0.15, 0.2) is 0 Å². The molecule has 3 aliphatic heterocycles. The van der Waals surface area contributed by atoms with Crippen LogP contribution in [0.4, 0.5) is 0 Å². The van der Waals surface area contributed by atoms with Crippen molar-refractivity contribution in [2.45, 2.75) is 57.8 Å². The van der Waals surface area contributed by atoms with Gasteiger partial charge in [-0.3, -0.25) is 9.59 Å². The lowest BCUT2D eigenvalue weighted by Gasteiger charge is -2.44. The molecule has 4 aliphatic rings. The zero-order valence-corrected chi connectivity index (χ0v) is 22.9. The summed E-state index contributed by atoms with van der Waals surface area (Å²) in [5.74, 6) is 1.86. The number of amides is 2. The normalized spacial score (nSPS) is 25.3. The van der Waals surface area contributed by atoms with Gasteiger partial charge in [-0.2, -0.15) is 0 Å². The van der Waals surface area contributed by atoms with Gasteiger partial charge in [0, 0.05) is 45.2 Å².